The van der Waals surface area contributed by atoms with Gasteiger partial charge in [-0.25, -0.2) is 4.79 Å². The van der Waals surface area contributed by atoms with Crippen LogP contribution in [-0.4, -0.2) is 59.3 Å². The lowest BCUT2D eigenvalue weighted by molar-refractivity contribution is -0.151. The van der Waals surface area contributed by atoms with E-state index in [1.807, 2.05) is 6.26 Å². The van der Waals surface area contributed by atoms with Crippen LogP contribution in [0.3, 0.4) is 0 Å². The quantitative estimate of drug-likeness (QED) is 0.661. The molecule has 0 N–H and O–H groups in total. The van der Waals surface area contributed by atoms with Crippen molar-refractivity contribution in [1.29, 1.82) is 0 Å². The first-order chi connectivity index (χ1) is 9.49. The number of amides is 1. The SMILES string of the molecule is COC(=O)C(CCSC)N1CC(CSC(C)=O)CC1=O. The molecule has 0 saturated carbocycles. The summed E-state index contributed by atoms with van der Waals surface area (Å²) in [5.41, 5.74) is 0. The molecule has 1 fully saturated rings. The molecule has 5 nitrogen and oxygen atoms in total. The molecular formula is C13H21NO4S2. The van der Waals surface area contributed by atoms with Gasteiger partial charge in [0.2, 0.25) is 5.91 Å². The first kappa shape index (κ1) is 17.4. The van der Waals surface area contributed by atoms with Crippen LogP contribution >= 0.6 is 23.5 Å². The standard InChI is InChI=1S/C13H21NO4S2/c1-9(15)20-8-10-6-12(16)14(7-10)11(4-5-19-3)13(17)18-2/h10-11H,4-8H2,1-3H3. The second-order valence-corrected chi connectivity index (χ2v) is 6.92. The first-order valence-corrected chi connectivity index (χ1v) is 8.87. The molecule has 1 heterocycles. The van der Waals surface area contributed by atoms with Gasteiger partial charge in [0.15, 0.2) is 5.12 Å². The first-order valence-electron chi connectivity index (χ1n) is 6.49. The average molecular weight is 319 g/mol. The summed E-state index contributed by atoms with van der Waals surface area (Å²) < 4.78 is 4.80. The highest BCUT2D eigenvalue weighted by molar-refractivity contribution is 8.13. The zero-order valence-electron chi connectivity index (χ0n) is 12.1. The molecule has 1 rings (SSSR count). The molecule has 2 atom stereocenters. The number of methoxy groups -OCH3 is 1. The second-order valence-electron chi connectivity index (χ2n) is 4.74. The van der Waals surface area contributed by atoms with Gasteiger partial charge in [-0.15, -0.1) is 0 Å². The molecule has 1 aliphatic rings. The van der Waals surface area contributed by atoms with Gasteiger partial charge in [0, 0.05) is 25.6 Å². The topological polar surface area (TPSA) is 63.7 Å². The van der Waals surface area contributed by atoms with E-state index in [0.717, 1.165) is 5.75 Å². The lowest BCUT2D eigenvalue weighted by Gasteiger charge is -2.25. The van der Waals surface area contributed by atoms with Gasteiger partial charge in [-0.2, -0.15) is 11.8 Å². The van der Waals surface area contributed by atoms with Crippen LogP contribution in [0.25, 0.3) is 0 Å². The van der Waals surface area contributed by atoms with Gasteiger partial charge < -0.3 is 9.64 Å². The van der Waals surface area contributed by atoms with Gasteiger partial charge in [-0.1, -0.05) is 11.8 Å². The molecule has 0 aromatic heterocycles. The van der Waals surface area contributed by atoms with Gasteiger partial charge >= 0.3 is 5.97 Å². The minimum atomic E-state index is -0.493. The van der Waals surface area contributed by atoms with E-state index >= 15 is 0 Å². The number of hydrogen-bond acceptors (Lipinski definition) is 6. The Morgan fingerprint density at radius 2 is 2.20 bits per heavy atom. The Bertz CT molecular complexity index is 375. The Kier molecular flexibility index (Phi) is 7.43. The number of carbonyl (C=O) groups is 3. The summed E-state index contributed by atoms with van der Waals surface area (Å²) in [7, 11) is 1.35. The van der Waals surface area contributed by atoms with Crippen LogP contribution in [0.4, 0.5) is 0 Å². The van der Waals surface area contributed by atoms with Gasteiger partial charge in [-0.05, 0) is 24.3 Å². The Morgan fingerprint density at radius 3 is 2.75 bits per heavy atom. The summed E-state index contributed by atoms with van der Waals surface area (Å²) >= 11 is 2.88. The number of carbonyl (C=O) groups excluding carboxylic acids is 3. The molecule has 0 aromatic carbocycles. The van der Waals surface area contributed by atoms with Gasteiger partial charge in [0.1, 0.15) is 6.04 Å². The lowest BCUT2D eigenvalue weighted by Crippen LogP contribution is -2.43. The van der Waals surface area contributed by atoms with E-state index < -0.39 is 6.04 Å². The number of nitrogens with zero attached hydrogens (tertiary/aromatic N) is 1. The van der Waals surface area contributed by atoms with Gasteiger partial charge in [0.25, 0.3) is 0 Å². The van der Waals surface area contributed by atoms with E-state index in [9.17, 15) is 14.4 Å². The highest BCUT2D eigenvalue weighted by Crippen LogP contribution is 2.25. The van der Waals surface area contributed by atoms with Crippen molar-refractivity contribution in [3.8, 4) is 0 Å². The van der Waals surface area contributed by atoms with Crippen molar-refractivity contribution in [2.45, 2.75) is 25.8 Å². The number of rotatable bonds is 7. The van der Waals surface area contributed by atoms with Crippen molar-refractivity contribution in [1.82, 2.24) is 4.90 Å². The average Bonchev–Trinajstić information content (AvgIpc) is 2.78. The fraction of sp³-hybridized carbons (Fsp3) is 0.769. The van der Waals surface area contributed by atoms with Crippen molar-refractivity contribution in [2.75, 3.05) is 31.4 Å². The Labute approximate surface area is 128 Å². The third kappa shape index (κ3) is 5.01. The summed E-state index contributed by atoms with van der Waals surface area (Å²) in [6.07, 6.45) is 2.98. The third-order valence-electron chi connectivity index (χ3n) is 3.21. The van der Waals surface area contributed by atoms with Crippen molar-refractivity contribution in [3.05, 3.63) is 0 Å². The minimum Gasteiger partial charge on any atom is -0.467 e. The molecule has 0 bridgehead atoms. The molecule has 0 aliphatic carbocycles. The maximum Gasteiger partial charge on any atom is 0.328 e. The molecule has 0 radical (unpaired) electrons. The van der Waals surface area contributed by atoms with Crippen molar-refractivity contribution in [2.24, 2.45) is 5.92 Å². The Balaban J connectivity index is 2.64. The number of esters is 1. The number of ether oxygens (including phenoxy) is 1. The summed E-state index contributed by atoms with van der Waals surface area (Å²) in [5.74, 6) is 1.20. The van der Waals surface area contributed by atoms with Gasteiger partial charge in [-0.3, -0.25) is 9.59 Å². The summed E-state index contributed by atoms with van der Waals surface area (Å²) in [6, 6.07) is -0.493. The Morgan fingerprint density at radius 1 is 1.50 bits per heavy atom. The maximum atomic E-state index is 12.1. The van der Waals surface area contributed by atoms with Crippen molar-refractivity contribution in [3.63, 3.8) is 0 Å². The monoisotopic (exact) mass is 319 g/mol. The Hall–Kier alpha value is -0.690. The van der Waals surface area contributed by atoms with Crippen LogP contribution < -0.4 is 0 Å². The van der Waals surface area contributed by atoms with Crippen molar-refractivity contribution < 1.29 is 19.1 Å². The molecule has 1 aliphatic heterocycles. The zero-order chi connectivity index (χ0) is 15.1. The van der Waals surface area contributed by atoms with Crippen LogP contribution in [0.1, 0.15) is 19.8 Å². The molecule has 0 aromatic rings. The van der Waals surface area contributed by atoms with E-state index in [1.54, 1.807) is 16.7 Å². The van der Waals surface area contributed by atoms with E-state index in [0.29, 0.717) is 25.1 Å². The third-order valence-corrected chi connectivity index (χ3v) is 4.89. The van der Waals surface area contributed by atoms with E-state index in [2.05, 4.69) is 0 Å². The van der Waals surface area contributed by atoms with Crippen LogP contribution in [0, 0.1) is 5.92 Å². The molecule has 2 unspecified atom stereocenters. The van der Waals surface area contributed by atoms with Crippen molar-refractivity contribution >= 4 is 40.5 Å². The summed E-state index contributed by atoms with van der Waals surface area (Å²) in [6.45, 7) is 2.06. The lowest BCUT2D eigenvalue weighted by atomic mass is 10.1. The van der Waals surface area contributed by atoms with Crippen LogP contribution in [0.5, 0.6) is 0 Å². The number of thioether (sulfide) groups is 2. The van der Waals surface area contributed by atoms with E-state index in [1.165, 1.54) is 25.8 Å². The normalized spacial score (nSPS) is 20.1. The second kappa shape index (κ2) is 8.56. The largest absolute Gasteiger partial charge is 0.467 e. The van der Waals surface area contributed by atoms with Crippen LogP contribution in [-0.2, 0) is 19.1 Å². The van der Waals surface area contributed by atoms with E-state index in [4.69, 9.17) is 4.74 Å². The van der Waals surface area contributed by atoms with Crippen LogP contribution in [0.2, 0.25) is 0 Å². The maximum absolute atomic E-state index is 12.1. The van der Waals surface area contributed by atoms with Gasteiger partial charge in [0.05, 0.1) is 7.11 Å². The number of likely N-dealkylation sites (tertiary alicyclic amines) is 1. The summed E-state index contributed by atoms with van der Waals surface area (Å²) in [4.78, 5) is 36.5. The number of hydrogen-bond donors (Lipinski definition) is 0. The molecule has 20 heavy (non-hydrogen) atoms. The highest BCUT2D eigenvalue weighted by atomic mass is 32.2. The molecule has 1 amide bonds. The smallest absolute Gasteiger partial charge is 0.328 e. The predicted octanol–water partition coefficient (Wildman–Crippen LogP) is 1.41. The summed E-state index contributed by atoms with van der Waals surface area (Å²) in [5, 5.41) is 0.0581. The van der Waals surface area contributed by atoms with E-state index in [-0.39, 0.29) is 22.9 Å². The molecule has 7 heteroatoms. The molecule has 1 saturated heterocycles. The zero-order valence-corrected chi connectivity index (χ0v) is 13.7. The minimum absolute atomic E-state index is 0.0179. The fourth-order valence-corrected chi connectivity index (χ4v) is 3.38. The molecular weight excluding hydrogens is 298 g/mol. The predicted molar refractivity (Wildman–Crippen MR) is 81.8 cm³/mol. The molecule has 114 valence electrons. The molecule has 0 spiro atoms. The van der Waals surface area contributed by atoms with Crippen LogP contribution in [0.15, 0.2) is 0 Å². The fourth-order valence-electron chi connectivity index (χ4n) is 2.22. The highest BCUT2D eigenvalue weighted by Gasteiger charge is 2.37.